The maximum atomic E-state index is 12.6. The summed E-state index contributed by atoms with van der Waals surface area (Å²) in [5.41, 5.74) is 1.45. The number of nitrogens with zero attached hydrogens (tertiary/aromatic N) is 7. The summed E-state index contributed by atoms with van der Waals surface area (Å²) < 4.78 is 7.15. The number of rotatable bonds is 6. The minimum absolute atomic E-state index is 0.0892. The molecule has 0 saturated carbocycles. The van der Waals surface area contributed by atoms with Gasteiger partial charge in [0.2, 0.25) is 11.9 Å². The number of carbonyl (C=O) groups excluding carboxylic acids is 1. The van der Waals surface area contributed by atoms with E-state index in [0.717, 1.165) is 37.8 Å². The summed E-state index contributed by atoms with van der Waals surface area (Å²) in [5.74, 6) is 1.24. The third-order valence-corrected chi connectivity index (χ3v) is 4.75. The summed E-state index contributed by atoms with van der Waals surface area (Å²) in [7, 11) is 1.58. The summed E-state index contributed by atoms with van der Waals surface area (Å²) in [5, 5.41) is 10.6. The molecule has 10 nitrogen and oxygen atoms in total. The van der Waals surface area contributed by atoms with Crippen molar-refractivity contribution in [1.29, 1.82) is 0 Å². The molecule has 1 fully saturated rings. The Hall–Kier alpha value is -3.53. The van der Waals surface area contributed by atoms with E-state index in [1.165, 1.54) is 0 Å². The van der Waals surface area contributed by atoms with Gasteiger partial charge in [0.15, 0.2) is 0 Å². The zero-order valence-electron chi connectivity index (χ0n) is 16.1. The van der Waals surface area contributed by atoms with Crippen molar-refractivity contribution < 1.29 is 9.53 Å². The van der Waals surface area contributed by atoms with Crippen molar-refractivity contribution in [3.05, 3.63) is 49.3 Å². The molecule has 3 heterocycles. The summed E-state index contributed by atoms with van der Waals surface area (Å²) in [4.78, 5) is 25.4. The van der Waals surface area contributed by atoms with Crippen LogP contribution in [0.15, 0.2) is 49.3 Å². The highest BCUT2D eigenvalue weighted by molar-refractivity contribution is 5.94. The molecule has 2 aromatic heterocycles. The number of amides is 1. The lowest BCUT2D eigenvalue weighted by Crippen LogP contribution is -2.49. The second-order valence-corrected chi connectivity index (χ2v) is 6.61. The van der Waals surface area contributed by atoms with Crippen molar-refractivity contribution in [2.24, 2.45) is 0 Å². The maximum absolute atomic E-state index is 12.6. The first-order valence-electron chi connectivity index (χ1n) is 9.30. The predicted molar refractivity (Wildman–Crippen MR) is 107 cm³/mol. The van der Waals surface area contributed by atoms with E-state index in [9.17, 15) is 4.79 Å². The summed E-state index contributed by atoms with van der Waals surface area (Å²) in [6.07, 6.45) is 6.68. The van der Waals surface area contributed by atoms with Gasteiger partial charge in [-0.15, -0.1) is 10.2 Å². The van der Waals surface area contributed by atoms with Crippen molar-refractivity contribution >= 4 is 17.5 Å². The first-order chi connectivity index (χ1) is 14.2. The van der Waals surface area contributed by atoms with Gasteiger partial charge in [0.05, 0.1) is 25.0 Å². The van der Waals surface area contributed by atoms with Gasteiger partial charge in [-0.05, 0) is 24.3 Å². The molecule has 3 aromatic rings. The van der Waals surface area contributed by atoms with Crippen LogP contribution in [0, 0.1) is 0 Å². The molecule has 0 bridgehead atoms. The number of hydrogen-bond acceptors (Lipinski definition) is 8. The average Bonchev–Trinajstić information content (AvgIpc) is 3.30. The van der Waals surface area contributed by atoms with Gasteiger partial charge in [-0.2, -0.15) is 0 Å². The molecule has 1 aliphatic rings. The van der Waals surface area contributed by atoms with Gasteiger partial charge in [-0.25, -0.2) is 9.97 Å². The number of aromatic nitrogens is 5. The van der Waals surface area contributed by atoms with Crippen LogP contribution in [0.1, 0.15) is 0 Å². The highest BCUT2D eigenvalue weighted by Gasteiger charge is 2.21. The van der Waals surface area contributed by atoms with E-state index >= 15 is 0 Å². The van der Waals surface area contributed by atoms with Gasteiger partial charge < -0.3 is 15.0 Å². The smallest absolute Gasteiger partial charge is 0.238 e. The van der Waals surface area contributed by atoms with Crippen LogP contribution in [0.2, 0.25) is 0 Å². The van der Waals surface area contributed by atoms with Gasteiger partial charge >= 0.3 is 0 Å². The van der Waals surface area contributed by atoms with Gasteiger partial charge in [-0.3, -0.25) is 14.3 Å². The Balaban J connectivity index is 1.36. The quantitative estimate of drug-likeness (QED) is 0.656. The minimum atomic E-state index is -0.0892. The second-order valence-electron chi connectivity index (χ2n) is 6.61. The van der Waals surface area contributed by atoms with Gasteiger partial charge in [0.1, 0.15) is 18.4 Å². The molecule has 150 valence electrons. The standard InChI is InChI=1S/C19H22N8O2/c1-29-17-4-3-15(27-13-22-23-14-27)11-16(17)24-18(28)12-25-7-9-26(10-8-25)19-20-5-2-6-21-19/h2-6,11,13-14H,7-10,12H2,1H3,(H,24,28). The minimum Gasteiger partial charge on any atom is -0.495 e. The first kappa shape index (κ1) is 18.8. The van der Waals surface area contributed by atoms with Crippen LogP contribution in [0.5, 0.6) is 5.75 Å². The van der Waals surface area contributed by atoms with Crippen molar-refractivity contribution in [2.45, 2.75) is 0 Å². The highest BCUT2D eigenvalue weighted by atomic mass is 16.5. The van der Waals surface area contributed by atoms with E-state index in [4.69, 9.17) is 4.74 Å². The summed E-state index contributed by atoms with van der Waals surface area (Å²) in [6.45, 7) is 3.41. The predicted octanol–water partition coefficient (Wildman–Crippen LogP) is 0.827. The van der Waals surface area contributed by atoms with Gasteiger partial charge in [0, 0.05) is 38.6 Å². The largest absolute Gasteiger partial charge is 0.495 e. The lowest BCUT2D eigenvalue weighted by Gasteiger charge is -2.34. The van der Waals surface area contributed by atoms with E-state index in [1.807, 2.05) is 18.2 Å². The van der Waals surface area contributed by atoms with Crippen LogP contribution in [0.4, 0.5) is 11.6 Å². The number of methoxy groups -OCH3 is 1. The molecule has 4 rings (SSSR count). The molecule has 10 heteroatoms. The highest BCUT2D eigenvalue weighted by Crippen LogP contribution is 2.27. The molecular formula is C19H22N8O2. The normalized spacial score (nSPS) is 14.6. The Bertz CT molecular complexity index is 940. The number of piperazine rings is 1. The van der Waals surface area contributed by atoms with Crippen molar-refractivity contribution in [1.82, 2.24) is 29.6 Å². The van der Waals surface area contributed by atoms with E-state index in [-0.39, 0.29) is 5.91 Å². The molecule has 1 aromatic carbocycles. The first-order valence-corrected chi connectivity index (χ1v) is 9.30. The Morgan fingerprint density at radius 1 is 1.10 bits per heavy atom. The second kappa shape index (κ2) is 8.65. The molecule has 1 aliphatic heterocycles. The van der Waals surface area contributed by atoms with Crippen molar-refractivity contribution in [3.8, 4) is 11.4 Å². The van der Waals surface area contributed by atoms with Gasteiger partial charge in [-0.1, -0.05) is 0 Å². The Kier molecular flexibility index (Phi) is 5.61. The third-order valence-electron chi connectivity index (χ3n) is 4.75. The Morgan fingerprint density at radius 2 is 1.83 bits per heavy atom. The van der Waals surface area contributed by atoms with Crippen LogP contribution in [0.25, 0.3) is 5.69 Å². The number of benzene rings is 1. The molecule has 1 N–H and O–H groups in total. The van der Waals surface area contributed by atoms with Gasteiger partial charge in [0.25, 0.3) is 0 Å². The zero-order chi connectivity index (χ0) is 20.1. The number of hydrogen-bond donors (Lipinski definition) is 1. The fraction of sp³-hybridized carbons (Fsp3) is 0.316. The molecule has 29 heavy (non-hydrogen) atoms. The number of carbonyl (C=O) groups is 1. The lowest BCUT2D eigenvalue weighted by atomic mass is 10.2. The Morgan fingerprint density at radius 3 is 2.52 bits per heavy atom. The maximum Gasteiger partial charge on any atom is 0.238 e. The molecule has 0 radical (unpaired) electrons. The van der Waals surface area contributed by atoms with Crippen LogP contribution in [-0.4, -0.2) is 75.4 Å². The number of nitrogens with one attached hydrogen (secondary N) is 1. The fourth-order valence-electron chi connectivity index (χ4n) is 3.24. The molecular weight excluding hydrogens is 372 g/mol. The van der Waals surface area contributed by atoms with E-state index in [1.54, 1.807) is 42.8 Å². The van der Waals surface area contributed by atoms with Crippen LogP contribution in [0.3, 0.4) is 0 Å². The van der Waals surface area contributed by atoms with E-state index < -0.39 is 0 Å². The third kappa shape index (κ3) is 4.49. The van der Waals surface area contributed by atoms with Crippen molar-refractivity contribution in [3.63, 3.8) is 0 Å². The van der Waals surface area contributed by atoms with Crippen molar-refractivity contribution in [2.75, 3.05) is 50.1 Å². The molecule has 0 atom stereocenters. The molecule has 1 saturated heterocycles. The SMILES string of the molecule is COc1ccc(-n2cnnc2)cc1NC(=O)CN1CCN(c2ncccn2)CC1. The number of ether oxygens (including phenoxy) is 1. The summed E-state index contributed by atoms with van der Waals surface area (Å²) in [6, 6.07) is 7.33. The molecule has 1 amide bonds. The Labute approximate surface area is 168 Å². The fourth-order valence-corrected chi connectivity index (χ4v) is 3.24. The summed E-state index contributed by atoms with van der Waals surface area (Å²) >= 11 is 0. The average molecular weight is 394 g/mol. The number of anilines is 2. The zero-order valence-corrected chi connectivity index (χ0v) is 16.1. The molecule has 0 unspecified atom stereocenters. The topological polar surface area (TPSA) is 101 Å². The molecule has 0 spiro atoms. The lowest BCUT2D eigenvalue weighted by molar-refractivity contribution is -0.117. The van der Waals surface area contributed by atoms with E-state index in [0.29, 0.717) is 18.0 Å². The monoisotopic (exact) mass is 394 g/mol. The molecule has 0 aliphatic carbocycles. The van der Waals surface area contributed by atoms with Crippen LogP contribution < -0.4 is 15.0 Å². The van der Waals surface area contributed by atoms with Crippen LogP contribution >= 0.6 is 0 Å². The van der Waals surface area contributed by atoms with E-state index in [2.05, 4.69) is 35.3 Å². The van der Waals surface area contributed by atoms with Crippen LogP contribution in [-0.2, 0) is 4.79 Å².